The van der Waals surface area contributed by atoms with E-state index in [2.05, 4.69) is 0 Å². The molecule has 0 unspecified atom stereocenters. The van der Waals surface area contributed by atoms with Crippen LogP contribution >= 0.6 is 0 Å². The van der Waals surface area contributed by atoms with Gasteiger partial charge in [0, 0.05) is 5.56 Å². The van der Waals surface area contributed by atoms with Gasteiger partial charge in [-0.25, -0.2) is 0 Å². The lowest BCUT2D eigenvalue weighted by Gasteiger charge is -2.38. The number of benzene rings is 1. The van der Waals surface area contributed by atoms with Gasteiger partial charge in [0.05, 0.1) is 5.41 Å². The van der Waals surface area contributed by atoms with Gasteiger partial charge in [0.25, 0.3) is 0 Å². The monoisotopic (exact) mass is 236 g/mol. The summed E-state index contributed by atoms with van der Waals surface area (Å²) < 4.78 is 0. The molecule has 0 spiro atoms. The van der Waals surface area contributed by atoms with Crippen molar-refractivity contribution in [3.8, 4) is 11.5 Å². The van der Waals surface area contributed by atoms with Crippen molar-refractivity contribution < 1.29 is 20.1 Å². The first-order valence-electron chi connectivity index (χ1n) is 5.66. The van der Waals surface area contributed by atoms with Crippen LogP contribution in [-0.2, 0) is 10.2 Å². The Hall–Kier alpha value is -1.71. The number of phenolic OH excluding ortho intramolecular Hbond substituents is 2. The van der Waals surface area contributed by atoms with Crippen molar-refractivity contribution in [2.75, 3.05) is 0 Å². The van der Waals surface area contributed by atoms with Gasteiger partial charge in [0.1, 0.15) is 0 Å². The number of aromatic hydroxyl groups is 2. The molecule has 0 aliphatic heterocycles. The Morgan fingerprint density at radius 3 is 2.24 bits per heavy atom. The van der Waals surface area contributed by atoms with Crippen LogP contribution in [0.3, 0.4) is 0 Å². The highest BCUT2D eigenvalue weighted by Gasteiger charge is 2.48. The smallest absolute Gasteiger partial charge is 0.314 e. The van der Waals surface area contributed by atoms with E-state index in [1.165, 1.54) is 0 Å². The minimum absolute atomic E-state index is 0.201. The van der Waals surface area contributed by atoms with E-state index in [1.54, 1.807) is 19.9 Å². The van der Waals surface area contributed by atoms with Crippen molar-refractivity contribution in [1.82, 2.24) is 0 Å². The van der Waals surface area contributed by atoms with Crippen molar-refractivity contribution in [3.63, 3.8) is 0 Å². The van der Waals surface area contributed by atoms with Crippen LogP contribution in [0, 0.1) is 13.8 Å². The average molecular weight is 236 g/mol. The molecule has 1 aromatic carbocycles. The largest absolute Gasteiger partial charge is 0.504 e. The van der Waals surface area contributed by atoms with E-state index in [0.29, 0.717) is 24.0 Å². The Balaban J connectivity index is 2.64. The Kier molecular flexibility index (Phi) is 2.53. The van der Waals surface area contributed by atoms with E-state index < -0.39 is 11.4 Å². The van der Waals surface area contributed by atoms with Gasteiger partial charge in [0.15, 0.2) is 11.5 Å². The molecule has 0 saturated heterocycles. The maximum Gasteiger partial charge on any atom is 0.314 e. The molecule has 2 rings (SSSR count). The van der Waals surface area contributed by atoms with Crippen LogP contribution in [0.15, 0.2) is 6.07 Å². The molecule has 1 aliphatic carbocycles. The van der Waals surface area contributed by atoms with Crippen LogP contribution in [0.2, 0.25) is 0 Å². The molecule has 1 aliphatic rings. The van der Waals surface area contributed by atoms with Gasteiger partial charge in [-0.15, -0.1) is 0 Å². The summed E-state index contributed by atoms with van der Waals surface area (Å²) >= 11 is 0. The topological polar surface area (TPSA) is 77.8 Å². The highest BCUT2D eigenvalue weighted by molar-refractivity contribution is 5.84. The number of aliphatic carboxylic acids is 1. The molecule has 4 heteroatoms. The standard InChI is InChI=1S/C13H16O4/c1-7-6-9(11(15)10(14)8(7)2)13(12(16)17)4-3-5-13/h6,14-15H,3-5H2,1-2H3,(H,16,17). The maximum absolute atomic E-state index is 11.4. The molecule has 0 atom stereocenters. The minimum atomic E-state index is -1.01. The van der Waals surface area contributed by atoms with Crippen molar-refractivity contribution in [3.05, 3.63) is 22.8 Å². The Labute approximate surface area is 99.5 Å². The lowest BCUT2D eigenvalue weighted by atomic mass is 9.64. The Morgan fingerprint density at radius 2 is 1.82 bits per heavy atom. The minimum Gasteiger partial charge on any atom is -0.504 e. The second kappa shape index (κ2) is 3.65. The van der Waals surface area contributed by atoms with Gasteiger partial charge in [-0.3, -0.25) is 4.79 Å². The number of hydrogen-bond acceptors (Lipinski definition) is 3. The normalized spacial score (nSPS) is 17.5. The molecule has 0 radical (unpaired) electrons. The molecule has 0 amide bonds. The number of carbonyl (C=O) groups is 1. The molecule has 0 bridgehead atoms. The average Bonchev–Trinajstić information content (AvgIpc) is 2.20. The van der Waals surface area contributed by atoms with Gasteiger partial charge >= 0.3 is 5.97 Å². The van der Waals surface area contributed by atoms with E-state index in [1.807, 2.05) is 0 Å². The van der Waals surface area contributed by atoms with Gasteiger partial charge in [-0.05, 0) is 37.8 Å². The number of aryl methyl sites for hydroxylation is 1. The SMILES string of the molecule is Cc1cc(C2(C(=O)O)CCC2)c(O)c(O)c1C. The fraction of sp³-hybridized carbons (Fsp3) is 0.462. The molecule has 1 aromatic rings. The van der Waals surface area contributed by atoms with Crippen LogP contribution in [0.5, 0.6) is 11.5 Å². The van der Waals surface area contributed by atoms with E-state index in [-0.39, 0.29) is 11.5 Å². The molecule has 0 heterocycles. The van der Waals surface area contributed by atoms with Crippen molar-refractivity contribution >= 4 is 5.97 Å². The van der Waals surface area contributed by atoms with Crippen molar-refractivity contribution in [2.24, 2.45) is 0 Å². The number of phenols is 2. The van der Waals surface area contributed by atoms with Gasteiger partial charge in [-0.2, -0.15) is 0 Å². The summed E-state index contributed by atoms with van der Waals surface area (Å²) in [4.78, 5) is 11.4. The maximum atomic E-state index is 11.4. The third-order valence-electron chi connectivity index (χ3n) is 3.92. The summed E-state index contributed by atoms with van der Waals surface area (Å²) in [7, 11) is 0. The summed E-state index contributed by atoms with van der Waals surface area (Å²) in [6.07, 6.45) is 1.86. The first-order valence-corrected chi connectivity index (χ1v) is 5.66. The van der Waals surface area contributed by atoms with Crippen LogP contribution < -0.4 is 0 Å². The Bertz CT molecular complexity index is 487. The number of carboxylic acid groups (broad SMARTS) is 1. The zero-order chi connectivity index (χ0) is 12.8. The van der Waals surface area contributed by atoms with Crippen molar-refractivity contribution in [2.45, 2.75) is 38.5 Å². The summed E-state index contributed by atoms with van der Waals surface area (Å²) in [5, 5.41) is 29.0. The first-order chi connectivity index (χ1) is 7.90. The lowest BCUT2D eigenvalue weighted by molar-refractivity contribution is -0.147. The Morgan fingerprint density at radius 1 is 1.24 bits per heavy atom. The predicted octanol–water partition coefficient (Wildman–Crippen LogP) is 2.22. The number of rotatable bonds is 2. The molecule has 1 fully saturated rings. The predicted molar refractivity (Wildman–Crippen MR) is 62.4 cm³/mol. The zero-order valence-corrected chi connectivity index (χ0v) is 9.95. The highest BCUT2D eigenvalue weighted by atomic mass is 16.4. The summed E-state index contributed by atoms with van der Waals surface area (Å²) in [6.45, 7) is 3.49. The second-order valence-electron chi connectivity index (χ2n) is 4.80. The quantitative estimate of drug-likeness (QED) is 0.688. The third kappa shape index (κ3) is 1.47. The van der Waals surface area contributed by atoms with Crippen LogP contribution in [0.1, 0.15) is 36.0 Å². The van der Waals surface area contributed by atoms with E-state index in [4.69, 9.17) is 0 Å². The number of hydrogen-bond donors (Lipinski definition) is 3. The van der Waals surface area contributed by atoms with E-state index >= 15 is 0 Å². The van der Waals surface area contributed by atoms with Gasteiger partial charge in [-0.1, -0.05) is 12.5 Å². The lowest BCUT2D eigenvalue weighted by Crippen LogP contribution is -2.42. The van der Waals surface area contributed by atoms with E-state index in [9.17, 15) is 20.1 Å². The van der Waals surface area contributed by atoms with E-state index in [0.717, 1.165) is 12.0 Å². The summed E-state index contributed by atoms with van der Waals surface area (Å²) in [6, 6.07) is 1.68. The molecule has 92 valence electrons. The van der Waals surface area contributed by atoms with Crippen LogP contribution in [-0.4, -0.2) is 21.3 Å². The fourth-order valence-electron chi connectivity index (χ4n) is 2.38. The molecule has 17 heavy (non-hydrogen) atoms. The molecular formula is C13H16O4. The number of carboxylic acids is 1. The third-order valence-corrected chi connectivity index (χ3v) is 3.92. The van der Waals surface area contributed by atoms with Crippen LogP contribution in [0.25, 0.3) is 0 Å². The molecule has 1 saturated carbocycles. The highest BCUT2D eigenvalue weighted by Crippen LogP contribution is 2.50. The van der Waals surface area contributed by atoms with Crippen molar-refractivity contribution in [1.29, 1.82) is 0 Å². The fourth-order valence-corrected chi connectivity index (χ4v) is 2.38. The molecule has 0 aromatic heterocycles. The molecular weight excluding hydrogens is 220 g/mol. The second-order valence-corrected chi connectivity index (χ2v) is 4.80. The summed E-state index contributed by atoms with van der Waals surface area (Å²) in [5.41, 5.74) is 0.714. The zero-order valence-electron chi connectivity index (χ0n) is 9.95. The van der Waals surface area contributed by atoms with Crippen LogP contribution in [0.4, 0.5) is 0 Å². The molecule has 4 nitrogen and oxygen atoms in total. The molecule has 3 N–H and O–H groups in total. The van der Waals surface area contributed by atoms with Gasteiger partial charge in [0.2, 0.25) is 0 Å². The van der Waals surface area contributed by atoms with Gasteiger partial charge < -0.3 is 15.3 Å². The summed E-state index contributed by atoms with van der Waals surface area (Å²) in [5.74, 6) is -1.41. The first kappa shape index (κ1) is 11.8.